The lowest BCUT2D eigenvalue weighted by molar-refractivity contribution is -0.138. The Balaban J connectivity index is 1.68. The maximum absolute atomic E-state index is 13.3. The fraction of sp³-hybridized carbons (Fsp3) is 0.0476. The van der Waals surface area contributed by atoms with Crippen molar-refractivity contribution in [1.29, 1.82) is 0 Å². The normalized spacial score (nSPS) is 11.4. The summed E-state index contributed by atoms with van der Waals surface area (Å²) < 4.78 is 41.2. The molecule has 3 aromatic heterocycles. The second-order valence-corrected chi connectivity index (χ2v) is 7.37. The minimum absolute atomic E-state index is 0.257. The predicted molar refractivity (Wildman–Crippen MR) is 114 cm³/mol. The molecule has 1 amide bonds. The van der Waals surface area contributed by atoms with Gasteiger partial charge in [-0.25, -0.2) is 9.67 Å². The summed E-state index contributed by atoms with van der Waals surface area (Å²) in [4.78, 5) is 20.6. The number of aromatic nitrogens is 4. The van der Waals surface area contributed by atoms with Crippen LogP contribution in [0, 0.1) is 0 Å². The SMILES string of the molecule is O=C(Nc1ccccc1-c1cnc(-n2cc(Cl)cn2)c(Cl)c1)c1ncccc1C(F)(F)F. The number of nitrogens with one attached hydrogen (secondary N) is 1. The number of benzene rings is 1. The van der Waals surface area contributed by atoms with Crippen molar-refractivity contribution in [2.24, 2.45) is 0 Å². The molecule has 0 unspecified atom stereocenters. The summed E-state index contributed by atoms with van der Waals surface area (Å²) in [5, 5.41) is 7.22. The number of carbonyl (C=O) groups is 1. The fourth-order valence-electron chi connectivity index (χ4n) is 3.00. The number of anilines is 1. The Labute approximate surface area is 189 Å². The predicted octanol–water partition coefficient (Wildman–Crippen LogP) is 5.91. The largest absolute Gasteiger partial charge is 0.418 e. The number of rotatable bonds is 4. The van der Waals surface area contributed by atoms with E-state index in [0.717, 1.165) is 18.3 Å². The first-order valence-corrected chi connectivity index (χ1v) is 9.78. The maximum atomic E-state index is 13.3. The Hall–Kier alpha value is -3.43. The van der Waals surface area contributed by atoms with E-state index >= 15 is 0 Å². The molecule has 0 atom stereocenters. The molecule has 32 heavy (non-hydrogen) atoms. The zero-order chi connectivity index (χ0) is 22.9. The van der Waals surface area contributed by atoms with Crippen molar-refractivity contribution in [3.8, 4) is 16.9 Å². The van der Waals surface area contributed by atoms with Crippen LogP contribution in [0.1, 0.15) is 16.1 Å². The van der Waals surface area contributed by atoms with Crippen molar-refractivity contribution in [3.63, 3.8) is 0 Å². The number of hydrogen-bond donors (Lipinski definition) is 1. The highest BCUT2D eigenvalue weighted by Gasteiger charge is 2.36. The van der Waals surface area contributed by atoms with E-state index in [1.807, 2.05) is 0 Å². The average Bonchev–Trinajstić information content (AvgIpc) is 3.19. The highest BCUT2D eigenvalue weighted by atomic mass is 35.5. The van der Waals surface area contributed by atoms with Crippen LogP contribution >= 0.6 is 23.2 Å². The summed E-state index contributed by atoms with van der Waals surface area (Å²) in [7, 11) is 0. The number of nitrogens with zero attached hydrogens (tertiary/aromatic N) is 4. The van der Waals surface area contributed by atoms with Crippen LogP contribution < -0.4 is 5.32 Å². The first kappa shape index (κ1) is 21.8. The Morgan fingerprint density at radius 1 is 1.03 bits per heavy atom. The fourth-order valence-corrected chi connectivity index (χ4v) is 3.39. The van der Waals surface area contributed by atoms with Gasteiger partial charge in [0.25, 0.3) is 5.91 Å². The summed E-state index contributed by atoms with van der Waals surface area (Å²) in [6, 6.07) is 10.1. The quantitative estimate of drug-likeness (QED) is 0.396. The van der Waals surface area contributed by atoms with Gasteiger partial charge in [0, 0.05) is 29.2 Å². The minimum Gasteiger partial charge on any atom is -0.320 e. The van der Waals surface area contributed by atoms with Crippen LogP contribution in [-0.4, -0.2) is 25.7 Å². The molecule has 0 aliphatic heterocycles. The number of pyridine rings is 2. The molecule has 4 rings (SSSR count). The van der Waals surface area contributed by atoms with Crippen molar-refractivity contribution in [1.82, 2.24) is 19.7 Å². The highest BCUT2D eigenvalue weighted by molar-refractivity contribution is 6.32. The zero-order valence-corrected chi connectivity index (χ0v) is 17.4. The monoisotopic (exact) mass is 477 g/mol. The third-order valence-corrected chi connectivity index (χ3v) is 4.88. The van der Waals surface area contributed by atoms with Crippen LogP contribution in [0.2, 0.25) is 10.0 Å². The van der Waals surface area contributed by atoms with Gasteiger partial charge in [-0.1, -0.05) is 41.4 Å². The summed E-state index contributed by atoms with van der Waals surface area (Å²) in [5.41, 5.74) is -0.544. The van der Waals surface area contributed by atoms with E-state index in [4.69, 9.17) is 23.2 Å². The molecule has 11 heteroatoms. The van der Waals surface area contributed by atoms with Crippen LogP contribution in [-0.2, 0) is 6.18 Å². The van der Waals surface area contributed by atoms with E-state index < -0.39 is 23.3 Å². The van der Waals surface area contributed by atoms with Gasteiger partial charge >= 0.3 is 6.18 Å². The van der Waals surface area contributed by atoms with Gasteiger partial charge in [-0.2, -0.15) is 18.3 Å². The summed E-state index contributed by atoms with van der Waals surface area (Å²) in [5.74, 6) is -0.653. The Morgan fingerprint density at radius 3 is 2.50 bits per heavy atom. The van der Waals surface area contributed by atoms with Crippen LogP contribution in [0.4, 0.5) is 18.9 Å². The molecule has 162 valence electrons. The molecule has 0 bridgehead atoms. The van der Waals surface area contributed by atoms with Crippen LogP contribution in [0.3, 0.4) is 0 Å². The van der Waals surface area contributed by atoms with Gasteiger partial charge < -0.3 is 5.32 Å². The minimum atomic E-state index is -4.72. The average molecular weight is 478 g/mol. The zero-order valence-electron chi connectivity index (χ0n) is 15.9. The molecule has 6 nitrogen and oxygen atoms in total. The molecule has 0 fully saturated rings. The Kier molecular flexibility index (Phi) is 5.86. The first-order chi connectivity index (χ1) is 15.2. The van der Waals surface area contributed by atoms with E-state index in [0.29, 0.717) is 22.0 Å². The maximum Gasteiger partial charge on any atom is 0.418 e. The van der Waals surface area contributed by atoms with Gasteiger partial charge in [-0.3, -0.25) is 9.78 Å². The second-order valence-electron chi connectivity index (χ2n) is 6.53. The first-order valence-electron chi connectivity index (χ1n) is 9.03. The molecule has 0 saturated heterocycles. The second kappa shape index (κ2) is 8.60. The van der Waals surface area contributed by atoms with Crippen molar-refractivity contribution in [3.05, 3.63) is 88.6 Å². The standard InChI is InChI=1S/C21H12Cl2F3N5O/c22-13-10-29-31(11-13)19-16(23)8-12(9-28-19)14-4-1-2-6-17(14)30-20(32)18-15(21(24,25)26)5-3-7-27-18/h1-11H,(H,30,32). The van der Waals surface area contributed by atoms with Crippen LogP contribution in [0.25, 0.3) is 16.9 Å². The Morgan fingerprint density at radius 2 is 1.81 bits per heavy atom. The molecule has 1 aromatic carbocycles. The molecule has 0 aliphatic carbocycles. The lowest BCUT2D eigenvalue weighted by Gasteiger charge is -2.14. The molecule has 0 radical (unpaired) electrons. The van der Waals surface area contributed by atoms with Gasteiger partial charge in [0.2, 0.25) is 0 Å². The topological polar surface area (TPSA) is 72.7 Å². The molecular formula is C21H12Cl2F3N5O. The third-order valence-electron chi connectivity index (χ3n) is 4.40. The summed E-state index contributed by atoms with van der Waals surface area (Å²) in [6.07, 6.45) is 0.882. The lowest BCUT2D eigenvalue weighted by Crippen LogP contribution is -2.20. The van der Waals surface area contributed by atoms with Gasteiger partial charge in [-0.05, 0) is 24.3 Å². The van der Waals surface area contributed by atoms with E-state index in [2.05, 4.69) is 20.4 Å². The highest BCUT2D eigenvalue weighted by Crippen LogP contribution is 2.33. The molecule has 4 aromatic rings. The van der Waals surface area contributed by atoms with Crippen LogP contribution in [0.15, 0.2) is 67.3 Å². The van der Waals surface area contributed by atoms with E-state index in [1.165, 1.54) is 23.3 Å². The lowest BCUT2D eigenvalue weighted by atomic mass is 10.0. The smallest absolute Gasteiger partial charge is 0.320 e. The van der Waals surface area contributed by atoms with Crippen molar-refractivity contribution in [2.45, 2.75) is 6.18 Å². The molecule has 0 spiro atoms. The number of halogens is 5. The Bertz CT molecular complexity index is 1310. The van der Waals surface area contributed by atoms with Crippen molar-refractivity contribution < 1.29 is 18.0 Å². The van der Waals surface area contributed by atoms with Crippen molar-refractivity contribution in [2.75, 3.05) is 5.32 Å². The van der Waals surface area contributed by atoms with E-state index in [-0.39, 0.29) is 10.7 Å². The van der Waals surface area contributed by atoms with Crippen molar-refractivity contribution >= 4 is 34.8 Å². The molecule has 0 aliphatic rings. The molecule has 0 saturated carbocycles. The summed E-state index contributed by atoms with van der Waals surface area (Å²) in [6.45, 7) is 0. The third kappa shape index (κ3) is 4.44. The number of alkyl halides is 3. The molecule has 1 N–H and O–H groups in total. The number of amides is 1. The van der Waals surface area contributed by atoms with E-state index in [9.17, 15) is 18.0 Å². The van der Waals surface area contributed by atoms with Crippen LogP contribution in [0.5, 0.6) is 0 Å². The van der Waals surface area contributed by atoms with E-state index in [1.54, 1.807) is 30.3 Å². The number of hydrogen-bond acceptors (Lipinski definition) is 4. The number of carbonyl (C=O) groups excluding carboxylic acids is 1. The summed E-state index contributed by atoms with van der Waals surface area (Å²) >= 11 is 12.2. The van der Waals surface area contributed by atoms with Gasteiger partial charge in [0.1, 0.15) is 5.69 Å². The van der Waals surface area contributed by atoms with Gasteiger partial charge in [0.15, 0.2) is 5.82 Å². The number of para-hydroxylation sites is 1. The van der Waals surface area contributed by atoms with Gasteiger partial charge in [-0.15, -0.1) is 0 Å². The van der Waals surface area contributed by atoms with Gasteiger partial charge in [0.05, 0.1) is 28.0 Å². The molecular weight excluding hydrogens is 466 g/mol. The molecule has 3 heterocycles.